The molecule has 3 N–H and O–H groups in total. The molecule has 0 bridgehead atoms. The van der Waals surface area contributed by atoms with Gasteiger partial charge in [0.05, 0.1) is 12.6 Å². The van der Waals surface area contributed by atoms with Crippen LogP contribution in [0.15, 0.2) is 4.99 Å². The van der Waals surface area contributed by atoms with E-state index in [-0.39, 0.29) is 6.10 Å². The molecular formula is C17H34N4O. The van der Waals surface area contributed by atoms with Gasteiger partial charge in [-0.05, 0) is 59.3 Å². The summed E-state index contributed by atoms with van der Waals surface area (Å²) in [4.78, 5) is 7.32. The van der Waals surface area contributed by atoms with Crippen LogP contribution in [0.5, 0.6) is 0 Å². The lowest BCUT2D eigenvalue weighted by Crippen LogP contribution is -2.45. The van der Waals surface area contributed by atoms with Crippen LogP contribution in [-0.2, 0) is 0 Å². The van der Waals surface area contributed by atoms with Crippen LogP contribution in [0, 0.1) is 0 Å². The van der Waals surface area contributed by atoms with Crippen LogP contribution in [0.4, 0.5) is 0 Å². The summed E-state index contributed by atoms with van der Waals surface area (Å²) in [5.74, 6) is 0.934. The van der Waals surface area contributed by atoms with E-state index in [4.69, 9.17) is 4.99 Å². The summed E-state index contributed by atoms with van der Waals surface area (Å²) in [6.45, 7) is 9.43. The summed E-state index contributed by atoms with van der Waals surface area (Å²) in [5.41, 5.74) is 0. The zero-order valence-electron chi connectivity index (χ0n) is 14.5. The van der Waals surface area contributed by atoms with Crippen LogP contribution in [0.1, 0.15) is 59.3 Å². The average Bonchev–Trinajstić information content (AvgIpc) is 3.30. The van der Waals surface area contributed by atoms with E-state index in [1.54, 1.807) is 0 Å². The van der Waals surface area contributed by atoms with Crippen LogP contribution >= 0.6 is 0 Å². The molecule has 5 nitrogen and oxygen atoms in total. The molecule has 0 saturated heterocycles. The molecule has 2 saturated carbocycles. The Bertz CT molecular complexity index is 345. The Morgan fingerprint density at radius 2 is 1.86 bits per heavy atom. The lowest BCUT2D eigenvalue weighted by molar-refractivity contribution is 0.120. The quantitative estimate of drug-likeness (QED) is 0.495. The van der Waals surface area contributed by atoms with Gasteiger partial charge in [0, 0.05) is 31.2 Å². The molecule has 2 fully saturated rings. The third kappa shape index (κ3) is 5.76. The van der Waals surface area contributed by atoms with E-state index in [1.165, 1.54) is 12.8 Å². The SMILES string of the molecule is CCNC(=NCCN(C(C)C)C1CC1)NC1CCC(O)CC1. The summed E-state index contributed by atoms with van der Waals surface area (Å²) < 4.78 is 0. The number of rotatable bonds is 7. The molecular weight excluding hydrogens is 276 g/mol. The van der Waals surface area contributed by atoms with E-state index in [9.17, 15) is 5.11 Å². The highest BCUT2D eigenvalue weighted by molar-refractivity contribution is 5.80. The molecule has 2 aliphatic rings. The summed E-state index contributed by atoms with van der Waals surface area (Å²) >= 11 is 0. The monoisotopic (exact) mass is 310 g/mol. The summed E-state index contributed by atoms with van der Waals surface area (Å²) in [6.07, 6.45) is 6.47. The second-order valence-corrected chi connectivity index (χ2v) is 6.97. The van der Waals surface area contributed by atoms with Crippen molar-refractivity contribution in [2.45, 2.75) is 83.5 Å². The summed E-state index contributed by atoms with van der Waals surface area (Å²) in [5, 5.41) is 16.5. The van der Waals surface area contributed by atoms with Crippen molar-refractivity contribution >= 4 is 5.96 Å². The number of hydrogen-bond acceptors (Lipinski definition) is 3. The Kier molecular flexibility index (Phi) is 6.96. The predicted molar refractivity (Wildman–Crippen MR) is 92.2 cm³/mol. The van der Waals surface area contributed by atoms with Gasteiger partial charge in [0.2, 0.25) is 0 Å². The van der Waals surface area contributed by atoms with Crippen molar-refractivity contribution in [2.75, 3.05) is 19.6 Å². The van der Waals surface area contributed by atoms with E-state index in [0.717, 1.165) is 57.3 Å². The van der Waals surface area contributed by atoms with Gasteiger partial charge in [-0.25, -0.2) is 0 Å². The van der Waals surface area contributed by atoms with Crippen molar-refractivity contribution in [2.24, 2.45) is 4.99 Å². The first-order chi connectivity index (χ1) is 10.6. The van der Waals surface area contributed by atoms with Gasteiger partial charge in [-0.1, -0.05) is 0 Å². The Labute approximate surface area is 135 Å². The zero-order valence-corrected chi connectivity index (χ0v) is 14.5. The topological polar surface area (TPSA) is 59.9 Å². The van der Waals surface area contributed by atoms with Gasteiger partial charge in [-0.2, -0.15) is 0 Å². The van der Waals surface area contributed by atoms with Gasteiger partial charge in [0.25, 0.3) is 0 Å². The molecule has 22 heavy (non-hydrogen) atoms. The summed E-state index contributed by atoms with van der Waals surface area (Å²) in [7, 11) is 0. The van der Waals surface area contributed by atoms with E-state index >= 15 is 0 Å². The second-order valence-electron chi connectivity index (χ2n) is 6.97. The average molecular weight is 310 g/mol. The minimum absolute atomic E-state index is 0.101. The third-order valence-corrected chi connectivity index (χ3v) is 4.69. The van der Waals surface area contributed by atoms with E-state index in [2.05, 4.69) is 36.3 Å². The molecule has 2 rings (SSSR count). The van der Waals surface area contributed by atoms with Crippen molar-refractivity contribution < 1.29 is 5.11 Å². The standard InChI is InChI=1S/C17H34N4O/c1-4-18-17(20-14-5-9-16(22)10-6-14)19-11-12-21(13(2)3)15-7-8-15/h13-16,22H,4-12H2,1-3H3,(H2,18,19,20). The normalized spacial score (nSPS) is 26.5. The van der Waals surface area contributed by atoms with E-state index in [0.29, 0.717) is 12.1 Å². The first-order valence-corrected chi connectivity index (χ1v) is 9.08. The Morgan fingerprint density at radius 1 is 1.18 bits per heavy atom. The molecule has 0 spiro atoms. The molecule has 0 atom stereocenters. The number of aliphatic hydroxyl groups excluding tert-OH is 1. The smallest absolute Gasteiger partial charge is 0.191 e. The first kappa shape index (κ1) is 17.5. The Hall–Kier alpha value is -0.810. The lowest BCUT2D eigenvalue weighted by Gasteiger charge is -2.28. The maximum absolute atomic E-state index is 9.60. The fourth-order valence-corrected chi connectivity index (χ4v) is 3.28. The molecule has 0 aromatic heterocycles. The summed E-state index contributed by atoms with van der Waals surface area (Å²) in [6, 6.07) is 1.86. The molecule has 0 heterocycles. The van der Waals surface area contributed by atoms with Gasteiger partial charge >= 0.3 is 0 Å². The number of aliphatic hydroxyl groups is 1. The highest BCUT2D eigenvalue weighted by Crippen LogP contribution is 2.28. The molecule has 0 aliphatic heterocycles. The molecule has 0 amide bonds. The maximum Gasteiger partial charge on any atom is 0.191 e. The van der Waals surface area contributed by atoms with Gasteiger partial charge in [-0.3, -0.25) is 9.89 Å². The van der Waals surface area contributed by atoms with Crippen molar-refractivity contribution in [3.05, 3.63) is 0 Å². The highest BCUT2D eigenvalue weighted by Gasteiger charge is 2.30. The molecule has 0 unspecified atom stereocenters. The fourth-order valence-electron chi connectivity index (χ4n) is 3.28. The lowest BCUT2D eigenvalue weighted by atomic mass is 9.93. The third-order valence-electron chi connectivity index (χ3n) is 4.69. The minimum atomic E-state index is -0.101. The van der Waals surface area contributed by atoms with Crippen LogP contribution in [-0.4, -0.2) is 59.8 Å². The second kappa shape index (κ2) is 8.73. The molecule has 5 heteroatoms. The van der Waals surface area contributed by atoms with Crippen molar-refractivity contribution in [3.8, 4) is 0 Å². The van der Waals surface area contributed by atoms with Crippen LogP contribution < -0.4 is 10.6 Å². The number of nitrogens with one attached hydrogen (secondary N) is 2. The van der Waals surface area contributed by atoms with E-state index < -0.39 is 0 Å². The van der Waals surface area contributed by atoms with Gasteiger partial charge in [0.1, 0.15) is 0 Å². The number of nitrogens with zero attached hydrogens (tertiary/aromatic N) is 2. The Balaban J connectivity index is 1.78. The minimum Gasteiger partial charge on any atom is -0.393 e. The van der Waals surface area contributed by atoms with Gasteiger partial charge in [0.15, 0.2) is 5.96 Å². The predicted octanol–water partition coefficient (Wildman–Crippen LogP) is 1.72. The fraction of sp³-hybridized carbons (Fsp3) is 0.941. The molecule has 128 valence electrons. The number of aliphatic imine (C=N–C) groups is 1. The van der Waals surface area contributed by atoms with Crippen LogP contribution in [0.2, 0.25) is 0 Å². The van der Waals surface area contributed by atoms with E-state index in [1.807, 2.05) is 0 Å². The first-order valence-electron chi connectivity index (χ1n) is 9.08. The van der Waals surface area contributed by atoms with Gasteiger partial charge < -0.3 is 15.7 Å². The van der Waals surface area contributed by atoms with Crippen molar-refractivity contribution in [1.29, 1.82) is 0 Å². The van der Waals surface area contributed by atoms with Crippen molar-refractivity contribution in [3.63, 3.8) is 0 Å². The molecule has 0 radical (unpaired) electrons. The van der Waals surface area contributed by atoms with Gasteiger partial charge in [-0.15, -0.1) is 0 Å². The highest BCUT2D eigenvalue weighted by atomic mass is 16.3. The molecule has 2 aliphatic carbocycles. The Morgan fingerprint density at radius 3 is 2.41 bits per heavy atom. The number of guanidine groups is 1. The largest absolute Gasteiger partial charge is 0.393 e. The molecule has 0 aromatic carbocycles. The zero-order chi connectivity index (χ0) is 15.9. The van der Waals surface area contributed by atoms with Crippen LogP contribution in [0.25, 0.3) is 0 Å². The van der Waals surface area contributed by atoms with Crippen molar-refractivity contribution in [1.82, 2.24) is 15.5 Å². The maximum atomic E-state index is 9.60. The number of hydrogen-bond donors (Lipinski definition) is 3. The van der Waals surface area contributed by atoms with Crippen LogP contribution in [0.3, 0.4) is 0 Å². The molecule has 0 aromatic rings.